The van der Waals surface area contributed by atoms with Crippen LogP contribution in [-0.4, -0.2) is 35.4 Å². The minimum absolute atomic E-state index is 0.0434. The van der Waals surface area contributed by atoms with Crippen molar-refractivity contribution in [3.8, 4) is 0 Å². The summed E-state index contributed by atoms with van der Waals surface area (Å²) >= 11 is 0. The van der Waals surface area contributed by atoms with Crippen molar-refractivity contribution in [3.63, 3.8) is 0 Å². The van der Waals surface area contributed by atoms with Gasteiger partial charge in [-0.15, -0.1) is 0 Å². The molecule has 1 atom stereocenters. The maximum atomic E-state index is 12.7. The molecule has 5 heteroatoms. The van der Waals surface area contributed by atoms with Crippen LogP contribution in [0.2, 0.25) is 0 Å². The number of aryl methyl sites for hydroxylation is 1. The van der Waals surface area contributed by atoms with Crippen LogP contribution in [0.5, 0.6) is 0 Å². The molecule has 3 fully saturated rings. The standard InChI is InChI=1S/C17H25N3O2/c1-20-9-14(15(19-20)12-5-8-22-10-12)16(21)18-11-17(6-2-7-17)13-3-4-13/h9,12-13H,2-8,10-11H2,1H3,(H,18,21). The second-order valence-corrected chi connectivity index (χ2v) is 7.34. The predicted octanol–water partition coefficient (Wildman–Crippen LogP) is 2.23. The van der Waals surface area contributed by atoms with Crippen molar-refractivity contribution in [2.75, 3.05) is 19.8 Å². The highest BCUT2D eigenvalue weighted by molar-refractivity contribution is 5.95. The molecular weight excluding hydrogens is 278 g/mol. The van der Waals surface area contributed by atoms with Gasteiger partial charge in [0, 0.05) is 32.3 Å². The fourth-order valence-corrected chi connectivity index (χ4v) is 4.14. The lowest BCUT2D eigenvalue weighted by atomic mass is 9.65. The summed E-state index contributed by atoms with van der Waals surface area (Å²) in [5, 5.41) is 7.72. The summed E-state index contributed by atoms with van der Waals surface area (Å²) < 4.78 is 7.21. The molecule has 0 bridgehead atoms. The van der Waals surface area contributed by atoms with Gasteiger partial charge in [0.2, 0.25) is 0 Å². The van der Waals surface area contributed by atoms with E-state index >= 15 is 0 Å². The van der Waals surface area contributed by atoms with Gasteiger partial charge >= 0.3 is 0 Å². The van der Waals surface area contributed by atoms with Crippen molar-refractivity contribution in [1.29, 1.82) is 0 Å². The quantitative estimate of drug-likeness (QED) is 0.907. The van der Waals surface area contributed by atoms with Crippen LogP contribution in [0.15, 0.2) is 6.20 Å². The third-order valence-electron chi connectivity index (χ3n) is 5.81. The highest BCUT2D eigenvalue weighted by Gasteiger charge is 2.49. The Kier molecular flexibility index (Phi) is 3.48. The average Bonchev–Trinajstić information content (AvgIpc) is 3.01. The molecule has 22 heavy (non-hydrogen) atoms. The predicted molar refractivity (Wildman–Crippen MR) is 82.7 cm³/mol. The molecule has 0 aromatic carbocycles. The molecule has 1 N–H and O–H groups in total. The second-order valence-electron chi connectivity index (χ2n) is 7.34. The minimum Gasteiger partial charge on any atom is -0.381 e. The average molecular weight is 303 g/mol. The van der Waals surface area contributed by atoms with E-state index in [9.17, 15) is 4.79 Å². The fourth-order valence-electron chi connectivity index (χ4n) is 4.14. The molecule has 2 heterocycles. The minimum atomic E-state index is 0.0434. The number of rotatable bonds is 5. The summed E-state index contributed by atoms with van der Waals surface area (Å²) in [6.45, 7) is 2.29. The number of ether oxygens (including phenoxy) is 1. The number of aromatic nitrogens is 2. The number of hydrogen-bond acceptors (Lipinski definition) is 3. The summed E-state index contributed by atoms with van der Waals surface area (Å²) in [4.78, 5) is 12.7. The largest absolute Gasteiger partial charge is 0.381 e. The number of nitrogens with one attached hydrogen (secondary N) is 1. The maximum absolute atomic E-state index is 12.7. The van der Waals surface area contributed by atoms with Gasteiger partial charge in [0.25, 0.3) is 5.91 Å². The number of carbonyl (C=O) groups is 1. The van der Waals surface area contributed by atoms with Crippen molar-refractivity contribution in [2.24, 2.45) is 18.4 Å². The number of amides is 1. The topological polar surface area (TPSA) is 56.2 Å². The van der Waals surface area contributed by atoms with E-state index in [2.05, 4.69) is 10.4 Å². The Morgan fingerprint density at radius 3 is 2.86 bits per heavy atom. The van der Waals surface area contributed by atoms with Crippen LogP contribution in [0.3, 0.4) is 0 Å². The first-order chi connectivity index (χ1) is 10.7. The fraction of sp³-hybridized carbons (Fsp3) is 0.765. The summed E-state index contributed by atoms with van der Waals surface area (Å²) in [6, 6.07) is 0. The van der Waals surface area contributed by atoms with E-state index in [4.69, 9.17) is 4.74 Å². The van der Waals surface area contributed by atoms with Crippen LogP contribution in [-0.2, 0) is 11.8 Å². The molecule has 120 valence electrons. The van der Waals surface area contributed by atoms with Gasteiger partial charge in [-0.3, -0.25) is 9.48 Å². The molecule has 1 aromatic heterocycles. The molecule has 1 amide bonds. The first-order valence-corrected chi connectivity index (χ1v) is 8.57. The van der Waals surface area contributed by atoms with Gasteiger partial charge in [0.15, 0.2) is 0 Å². The van der Waals surface area contributed by atoms with Gasteiger partial charge < -0.3 is 10.1 Å². The SMILES string of the molecule is Cn1cc(C(=O)NCC2(C3CC3)CCC2)c(C2CCOC2)n1. The van der Waals surface area contributed by atoms with Gasteiger partial charge in [0.05, 0.1) is 17.9 Å². The molecule has 2 aliphatic carbocycles. The first kappa shape index (κ1) is 14.2. The molecule has 1 aliphatic heterocycles. The Morgan fingerprint density at radius 2 is 2.27 bits per heavy atom. The van der Waals surface area contributed by atoms with E-state index in [1.807, 2.05) is 13.2 Å². The molecule has 2 saturated carbocycles. The molecule has 0 spiro atoms. The summed E-state index contributed by atoms with van der Waals surface area (Å²) in [5.41, 5.74) is 2.06. The van der Waals surface area contributed by atoms with Crippen LogP contribution in [0.1, 0.15) is 60.5 Å². The lowest BCUT2D eigenvalue weighted by Crippen LogP contribution is -2.43. The molecule has 3 aliphatic rings. The van der Waals surface area contributed by atoms with Crippen molar-refractivity contribution in [3.05, 3.63) is 17.5 Å². The summed E-state index contributed by atoms with van der Waals surface area (Å²) in [5.74, 6) is 1.17. The molecule has 5 nitrogen and oxygen atoms in total. The van der Waals surface area contributed by atoms with Crippen LogP contribution >= 0.6 is 0 Å². The number of hydrogen-bond donors (Lipinski definition) is 1. The number of nitrogens with zero attached hydrogens (tertiary/aromatic N) is 2. The third-order valence-corrected chi connectivity index (χ3v) is 5.81. The molecule has 1 aromatic rings. The zero-order valence-electron chi connectivity index (χ0n) is 13.3. The van der Waals surface area contributed by atoms with E-state index in [1.165, 1.54) is 32.1 Å². The monoisotopic (exact) mass is 303 g/mol. The molecular formula is C17H25N3O2. The Bertz CT molecular complexity index is 566. The van der Waals surface area contributed by atoms with Gasteiger partial charge in [-0.1, -0.05) is 6.42 Å². The maximum Gasteiger partial charge on any atom is 0.254 e. The summed E-state index contributed by atoms with van der Waals surface area (Å²) in [7, 11) is 1.88. The molecule has 0 radical (unpaired) electrons. The molecule has 4 rings (SSSR count). The van der Waals surface area contributed by atoms with Crippen LogP contribution in [0, 0.1) is 11.3 Å². The Labute approximate surface area is 131 Å². The van der Waals surface area contributed by atoms with Crippen LogP contribution in [0.4, 0.5) is 0 Å². The van der Waals surface area contributed by atoms with Crippen molar-refractivity contribution < 1.29 is 9.53 Å². The van der Waals surface area contributed by atoms with E-state index in [0.717, 1.165) is 36.7 Å². The Balaban J connectivity index is 1.46. The second kappa shape index (κ2) is 5.37. The normalized spacial score (nSPS) is 26.7. The Hall–Kier alpha value is -1.36. The third kappa shape index (κ3) is 2.45. The van der Waals surface area contributed by atoms with Gasteiger partial charge in [-0.25, -0.2) is 0 Å². The summed E-state index contributed by atoms with van der Waals surface area (Å²) in [6.07, 6.45) is 9.42. The first-order valence-electron chi connectivity index (χ1n) is 8.57. The van der Waals surface area contributed by atoms with Crippen LogP contribution in [0.25, 0.3) is 0 Å². The van der Waals surface area contributed by atoms with E-state index < -0.39 is 0 Å². The number of carbonyl (C=O) groups excluding carboxylic acids is 1. The zero-order valence-corrected chi connectivity index (χ0v) is 13.3. The van der Waals surface area contributed by atoms with Crippen LogP contribution < -0.4 is 5.32 Å². The lowest BCUT2D eigenvalue weighted by Gasteiger charge is -2.42. The van der Waals surface area contributed by atoms with E-state index in [0.29, 0.717) is 12.0 Å². The van der Waals surface area contributed by atoms with Gasteiger partial charge in [0.1, 0.15) is 0 Å². The van der Waals surface area contributed by atoms with Gasteiger partial charge in [-0.2, -0.15) is 5.10 Å². The van der Waals surface area contributed by atoms with Crippen molar-refractivity contribution in [1.82, 2.24) is 15.1 Å². The van der Waals surface area contributed by atoms with E-state index in [1.54, 1.807) is 4.68 Å². The Morgan fingerprint density at radius 1 is 1.45 bits per heavy atom. The van der Waals surface area contributed by atoms with E-state index in [-0.39, 0.29) is 11.8 Å². The highest BCUT2D eigenvalue weighted by atomic mass is 16.5. The zero-order chi connectivity index (χ0) is 15.2. The van der Waals surface area contributed by atoms with Crippen molar-refractivity contribution >= 4 is 5.91 Å². The lowest BCUT2D eigenvalue weighted by molar-refractivity contribution is 0.0780. The molecule has 1 saturated heterocycles. The molecule has 1 unspecified atom stereocenters. The highest BCUT2D eigenvalue weighted by Crippen LogP contribution is 2.56. The smallest absolute Gasteiger partial charge is 0.254 e. The van der Waals surface area contributed by atoms with Gasteiger partial charge in [-0.05, 0) is 43.4 Å². The van der Waals surface area contributed by atoms with Crippen molar-refractivity contribution in [2.45, 2.75) is 44.4 Å².